The van der Waals surface area contributed by atoms with Crippen LogP contribution in [0.2, 0.25) is 0 Å². The van der Waals surface area contributed by atoms with E-state index in [0.717, 1.165) is 24.6 Å². The van der Waals surface area contributed by atoms with E-state index in [1.54, 1.807) is 0 Å². The van der Waals surface area contributed by atoms with Gasteiger partial charge in [0.2, 0.25) is 10.0 Å². The lowest BCUT2D eigenvalue weighted by Gasteiger charge is -2.21. The molecule has 0 bridgehead atoms. The molecule has 5 heteroatoms. The van der Waals surface area contributed by atoms with Crippen LogP contribution in [0.25, 0.3) is 0 Å². The molecule has 0 spiro atoms. The van der Waals surface area contributed by atoms with Gasteiger partial charge in [-0.2, -0.15) is 0 Å². The van der Waals surface area contributed by atoms with Crippen LogP contribution in [-0.4, -0.2) is 21.0 Å². The van der Waals surface area contributed by atoms with E-state index in [1.165, 1.54) is 37.7 Å². The first-order valence-corrected chi connectivity index (χ1v) is 10.4. The van der Waals surface area contributed by atoms with Crippen molar-refractivity contribution in [3.8, 4) is 0 Å². The van der Waals surface area contributed by atoms with E-state index in [-0.39, 0.29) is 11.8 Å². The van der Waals surface area contributed by atoms with E-state index < -0.39 is 10.0 Å². The van der Waals surface area contributed by atoms with Crippen LogP contribution in [0.1, 0.15) is 57.1 Å². The van der Waals surface area contributed by atoms with Crippen molar-refractivity contribution in [1.82, 2.24) is 10.0 Å². The SMILES string of the molecule is CC(C)NS(=O)(=O)Cc1ccc(CNCC2CCCCC2)cc1. The molecule has 1 saturated carbocycles. The molecule has 1 aliphatic carbocycles. The van der Waals surface area contributed by atoms with Crippen molar-refractivity contribution in [2.75, 3.05) is 6.54 Å². The van der Waals surface area contributed by atoms with Crippen LogP contribution >= 0.6 is 0 Å². The minimum atomic E-state index is -3.24. The number of sulfonamides is 1. The maximum Gasteiger partial charge on any atom is 0.216 e. The maximum atomic E-state index is 11.9. The number of benzene rings is 1. The van der Waals surface area contributed by atoms with Gasteiger partial charge in [0.15, 0.2) is 0 Å². The zero-order valence-corrected chi connectivity index (χ0v) is 15.2. The Bertz CT molecular complexity index is 561. The predicted octanol–water partition coefficient (Wildman–Crippen LogP) is 3.18. The molecule has 0 aliphatic heterocycles. The summed E-state index contributed by atoms with van der Waals surface area (Å²) in [5.74, 6) is 0.872. The molecular weight excluding hydrogens is 308 g/mol. The molecular formula is C18H30N2O2S. The predicted molar refractivity (Wildman–Crippen MR) is 95.6 cm³/mol. The zero-order valence-electron chi connectivity index (χ0n) is 14.3. The summed E-state index contributed by atoms with van der Waals surface area (Å²) in [4.78, 5) is 0. The molecule has 0 aromatic heterocycles. The summed E-state index contributed by atoms with van der Waals surface area (Å²) in [5.41, 5.74) is 2.04. The molecule has 1 fully saturated rings. The molecule has 130 valence electrons. The summed E-state index contributed by atoms with van der Waals surface area (Å²) in [6.45, 7) is 5.61. The minimum Gasteiger partial charge on any atom is -0.312 e. The Labute approximate surface area is 141 Å². The van der Waals surface area contributed by atoms with Crippen molar-refractivity contribution in [3.63, 3.8) is 0 Å². The van der Waals surface area contributed by atoms with Gasteiger partial charge >= 0.3 is 0 Å². The van der Waals surface area contributed by atoms with E-state index in [2.05, 4.69) is 10.0 Å². The van der Waals surface area contributed by atoms with Crippen molar-refractivity contribution in [1.29, 1.82) is 0 Å². The molecule has 1 aliphatic rings. The third-order valence-corrected chi connectivity index (χ3v) is 5.83. The largest absolute Gasteiger partial charge is 0.312 e. The lowest BCUT2D eigenvalue weighted by atomic mass is 9.89. The van der Waals surface area contributed by atoms with Gasteiger partial charge in [0.1, 0.15) is 0 Å². The Morgan fingerprint density at radius 1 is 1.04 bits per heavy atom. The van der Waals surface area contributed by atoms with Gasteiger partial charge in [0.25, 0.3) is 0 Å². The van der Waals surface area contributed by atoms with E-state index in [9.17, 15) is 8.42 Å². The monoisotopic (exact) mass is 338 g/mol. The van der Waals surface area contributed by atoms with Gasteiger partial charge in [-0.25, -0.2) is 13.1 Å². The van der Waals surface area contributed by atoms with Gasteiger partial charge in [-0.3, -0.25) is 0 Å². The van der Waals surface area contributed by atoms with Gasteiger partial charge in [0.05, 0.1) is 5.75 Å². The Morgan fingerprint density at radius 2 is 1.65 bits per heavy atom. The standard InChI is InChI=1S/C18H30N2O2S/c1-15(2)20-23(21,22)14-18-10-8-17(9-11-18)13-19-12-16-6-4-3-5-7-16/h8-11,15-16,19-20H,3-7,12-14H2,1-2H3. The quantitative estimate of drug-likeness (QED) is 0.765. The minimum absolute atomic E-state index is 0.0426. The molecule has 2 rings (SSSR count). The van der Waals surface area contributed by atoms with Crippen LogP contribution in [-0.2, 0) is 22.3 Å². The maximum absolute atomic E-state index is 11.9. The van der Waals surface area contributed by atoms with Crippen molar-refractivity contribution in [3.05, 3.63) is 35.4 Å². The van der Waals surface area contributed by atoms with E-state index >= 15 is 0 Å². The van der Waals surface area contributed by atoms with Gasteiger partial charge in [-0.05, 0) is 50.3 Å². The van der Waals surface area contributed by atoms with Gasteiger partial charge in [0, 0.05) is 12.6 Å². The lowest BCUT2D eigenvalue weighted by molar-refractivity contribution is 0.342. The Kier molecular flexibility index (Phi) is 7.06. The highest BCUT2D eigenvalue weighted by molar-refractivity contribution is 7.88. The van der Waals surface area contributed by atoms with Crippen LogP contribution < -0.4 is 10.0 Å². The first-order chi connectivity index (χ1) is 10.9. The number of hydrogen-bond acceptors (Lipinski definition) is 3. The van der Waals surface area contributed by atoms with Crippen LogP contribution in [0.3, 0.4) is 0 Å². The van der Waals surface area contributed by atoms with Crippen LogP contribution in [0.15, 0.2) is 24.3 Å². The molecule has 1 aromatic carbocycles. The second-order valence-electron chi connectivity index (χ2n) is 6.98. The first-order valence-electron chi connectivity index (χ1n) is 8.73. The molecule has 4 nitrogen and oxygen atoms in total. The highest BCUT2D eigenvalue weighted by Gasteiger charge is 2.14. The second kappa shape index (κ2) is 8.81. The molecule has 0 unspecified atom stereocenters. The Morgan fingerprint density at radius 3 is 2.26 bits per heavy atom. The summed E-state index contributed by atoms with van der Waals surface area (Å²) < 4.78 is 26.5. The summed E-state index contributed by atoms with van der Waals surface area (Å²) in [5, 5.41) is 3.53. The molecule has 0 saturated heterocycles. The summed E-state index contributed by atoms with van der Waals surface area (Å²) in [7, 11) is -3.24. The van der Waals surface area contributed by atoms with E-state index in [0.29, 0.717) is 0 Å². The summed E-state index contributed by atoms with van der Waals surface area (Å²) in [6.07, 6.45) is 6.85. The highest BCUT2D eigenvalue weighted by Crippen LogP contribution is 2.22. The summed E-state index contributed by atoms with van der Waals surface area (Å²) in [6, 6.07) is 7.81. The molecule has 0 atom stereocenters. The van der Waals surface area contributed by atoms with Gasteiger partial charge in [-0.1, -0.05) is 43.5 Å². The zero-order chi connectivity index (χ0) is 16.7. The fraction of sp³-hybridized carbons (Fsp3) is 0.667. The van der Waals surface area contributed by atoms with Crippen molar-refractivity contribution < 1.29 is 8.42 Å². The number of rotatable bonds is 8. The number of hydrogen-bond donors (Lipinski definition) is 2. The molecule has 23 heavy (non-hydrogen) atoms. The Balaban J connectivity index is 1.77. The van der Waals surface area contributed by atoms with Crippen LogP contribution in [0.4, 0.5) is 0 Å². The van der Waals surface area contributed by atoms with E-state index in [1.807, 2.05) is 38.1 Å². The third kappa shape index (κ3) is 7.02. The summed E-state index contributed by atoms with van der Waals surface area (Å²) >= 11 is 0. The smallest absolute Gasteiger partial charge is 0.216 e. The molecule has 0 radical (unpaired) electrons. The van der Waals surface area contributed by atoms with Crippen molar-refractivity contribution >= 4 is 10.0 Å². The van der Waals surface area contributed by atoms with Crippen LogP contribution in [0, 0.1) is 5.92 Å². The normalized spacial score (nSPS) is 16.8. The second-order valence-corrected chi connectivity index (χ2v) is 8.74. The topological polar surface area (TPSA) is 58.2 Å². The van der Waals surface area contributed by atoms with Crippen LogP contribution in [0.5, 0.6) is 0 Å². The molecule has 0 heterocycles. The average Bonchev–Trinajstić information content (AvgIpc) is 2.48. The molecule has 1 aromatic rings. The van der Waals surface area contributed by atoms with E-state index in [4.69, 9.17) is 0 Å². The fourth-order valence-electron chi connectivity index (χ4n) is 3.19. The fourth-order valence-corrected chi connectivity index (χ4v) is 4.62. The average molecular weight is 339 g/mol. The van der Waals surface area contributed by atoms with Crippen molar-refractivity contribution in [2.45, 2.75) is 64.3 Å². The molecule has 0 amide bonds. The Hall–Kier alpha value is -0.910. The van der Waals surface area contributed by atoms with Gasteiger partial charge in [-0.15, -0.1) is 0 Å². The lowest BCUT2D eigenvalue weighted by Crippen LogP contribution is -2.31. The first kappa shape index (κ1) is 18.4. The van der Waals surface area contributed by atoms with Gasteiger partial charge < -0.3 is 5.32 Å². The van der Waals surface area contributed by atoms with Crippen molar-refractivity contribution in [2.24, 2.45) is 5.92 Å². The third-order valence-electron chi connectivity index (χ3n) is 4.28. The highest BCUT2D eigenvalue weighted by atomic mass is 32.2. The molecule has 2 N–H and O–H groups in total. The number of nitrogens with one attached hydrogen (secondary N) is 2.